The number of carbonyl (C=O) groups excluding carboxylic acids is 1. The summed E-state index contributed by atoms with van der Waals surface area (Å²) in [6.07, 6.45) is 3.37. The molecule has 1 aliphatic heterocycles. The Bertz CT molecular complexity index is 754. The standard InChI is InChI=1S/C16H19N3O3/c1-2-9-22-15(20)11-3-4-14-13(10-11)18-16(21)19(14)12-5-7-17-8-6-12/h2-4,10,12,17H,1,5-9H2,(H,18,21). The lowest BCUT2D eigenvalue weighted by atomic mass is 10.1. The van der Waals surface area contributed by atoms with Crippen LogP contribution in [0.1, 0.15) is 29.2 Å². The third-order valence-electron chi connectivity index (χ3n) is 3.96. The maximum Gasteiger partial charge on any atom is 0.338 e. The Morgan fingerprint density at radius 1 is 1.41 bits per heavy atom. The molecule has 1 aromatic heterocycles. The Morgan fingerprint density at radius 2 is 2.18 bits per heavy atom. The molecule has 1 fully saturated rings. The first-order chi connectivity index (χ1) is 10.7. The van der Waals surface area contributed by atoms with Crippen molar-refractivity contribution < 1.29 is 9.53 Å². The second-order valence-electron chi connectivity index (χ2n) is 5.40. The molecule has 0 spiro atoms. The molecule has 1 aromatic carbocycles. The summed E-state index contributed by atoms with van der Waals surface area (Å²) < 4.78 is 6.82. The minimum Gasteiger partial charge on any atom is -0.458 e. The van der Waals surface area contributed by atoms with E-state index in [1.165, 1.54) is 6.08 Å². The van der Waals surface area contributed by atoms with Gasteiger partial charge in [0.05, 0.1) is 16.6 Å². The predicted molar refractivity (Wildman–Crippen MR) is 84.2 cm³/mol. The van der Waals surface area contributed by atoms with Crippen LogP contribution in [0.4, 0.5) is 0 Å². The molecule has 116 valence electrons. The van der Waals surface area contributed by atoms with Gasteiger partial charge in [0.2, 0.25) is 0 Å². The van der Waals surface area contributed by atoms with E-state index < -0.39 is 5.97 Å². The van der Waals surface area contributed by atoms with Gasteiger partial charge in [0.25, 0.3) is 0 Å². The van der Waals surface area contributed by atoms with Gasteiger partial charge >= 0.3 is 11.7 Å². The van der Waals surface area contributed by atoms with Gasteiger partial charge in [-0.05, 0) is 44.1 Å². The average Bonchev–Trinajstić information content (AvgIpc) is 2.88. The molecule has 0 unspecified atom stereocenters. The van der Waals surface area contributed by atoms with Crippen molar-refractivity contribution >= 4 is 17.0 Å². The first kappa shape index (κ1) is 14.6. The predicted octanol–water partition coefficient (Wildman–Crippen LogP) is 1.60. The van der Waals surface area contributed by atoms with E-state index in [1.807, 2.05) is 0 Å². The molecule has 22 heavy (non-hydrogen) atoms. The lowest BCUT2D eigenvalue weighted by Gasteiger charge is -2.23. The maximum absolute atomic E-state index is 12.2. The zero-order valence-electron chi connectivity index (χ0n) is 12.3. The van der Waals surface area contributed by atoms with Crippen LogP contribution in [-0.2, 0) is 4.74 Å². The number of H-pyrrole nitrogens is 1. The summed E-state index contributed by atoms with van der Waals surface area (Å²) in [7, 11) is 0. The van der Waals surface area contributed by atoms with E-state index in [0.717, 1.165) is 31.4 Å². The number of benzene rings is 1. The molecule has 2 N–H and O–H groups in total. The van der Waals surface area contributed by atoms with E-state index in [9.17, 15) is 9.59 Å². The van der Waals surface area contributed by atoms with Crippen LogP contribution in [0.15, 0.2) is 35.6 Å². The van der Waals surface area contributed by atoms with Crippen molar-refractivity contribution in [3.05, 3.63) is 46.9 Å². The summed E-state index contributed by atoms with van der Waals surface area (Å²) in [5.41, 5.74) is 1.79. The third kappa shape index (κ3) is 2.69. The van der Waals surface area contributed by atoms with Crippen LogP contribution in [0.3, 0.4) is 0 Å². The molecule has 6 nitrogen and oxygen atoms in total. The number of imidazole rings is 1. The number of carbonyl (C=O) groups is 1. The van der Waals surface area contributed by atoms with Gasteiger partial charge in [0.15, 0.2) is 0 Å². The first-order valence-corrected chi connectivity index (χ1v) is 7.43. The molecule has 0 aliphatic carbocycles. The number of aromatic nitrogens is 2. The fourth-order valence-electron chi connectivity index (χ4n) is 2.90. The van der Waals surface area contributed by atoms with Gasteiger partial charge in [-0.3, -0.25) is 4.57 Å². The van der Waals surface area contributed by atoms with Crippen molar-refractivity contribution in [3.8, 4) is 0 Å². The minimum atomic E-state index is -0.419. The Morgan fingerprint density at radius 3 is 2.91 bits per heavy atom. The van der Waals surface area contributed by atoms with Crippen molar-refractivity contribution in [2.24, 2.45) is 0 Å². The second kappa shape index (κ2) is 6.19. The highest BCUT2D eigenvalue weighted by Crippen LogP contribution is 2.22. The molecule has 2 heterocycles. The van der Waals surface area contributed by atoms with Crippen LogP contribution in [0.25, 0.3) is 11.0 Å². The van der Waals surface area contributed by atoms with E-state index in [2.05, 4.69) is 16.9 Å². The van der Waals surface area contributed by atoms with E-state index in [1.54, 1.807) is 22.8 Å². The molecule has 0 radical (unpaired) electrons. The van der Waals surface area contributed by atoms with Gasteiger partial charge in [-0.25, -0.2) is 9.59 Å². The van der Waals surface area contributed by atoms with Crippen LogP contribution in [-0.4, -0.2) is 35.2 Å². The highest BCUT2D eigenvalue weighted by atomic mass is 16.5. The molecule has 1 saturated heterocycles. The first-order valence-electron chi connectivity index (χ1n) is 7.43. The van der Waals surface area contributed by atoms with Crippen LogP contribution < -0.4 is 11.0 Å². The van der Waals surface area contributed by atoms with Gasteiger partial charge in [-0.15, -0.1) is 0 Å². The Balaban J connectivity index is 1.95. The molecule has 1 aliphatic rings. The van der Waals surface area contributed by atoms with Gasteiger partial charge in [0.1, 0.15) is 6.61 Å². The summed E-state index contributed by atoms with van der Waals surface area (Å²) in [6.45, 7) is 5.50. The smallest absolute Gasteiger partial charge is 0.338 e. The fraction of sp³-hybridized carbons (Fsp3) is 0.375. The summed E-state index contributed by atoms with van der Waals surface area (Å²) in [6, 6.07) is 5.36. The second-order valence-corrected chi connectivity index (χ2v) is 5.40. The van der Waals surface area contributed by atoms with Crippen LogP contribution in [0.2, 0.25) is 0 Å². The number of ether oxygens (including phenoxy) is 1. The number of rotatable bonds is 4. The summed E-state index contributed by atoms with van der Waals surface area (Å²) in [5.74, 6) is -0.419. The van der Waals surface area contributed by atoms with Gasteiger partial charge < -0.3 is 15.0 Å². The number of nitrogens with one attached hydrogen (secondary N) is 2. The number of nitrogens with zero attached hydrogens (tertiary/aromatic N) is 1. The molecular formula is C16H19N3O3. The quantitative estimate of drug-likeness (QED) is 0.664. The summed E-state index contributed by atoms with van der Waals surface area (Å²) >= 11 is 0. The lowest BCUT2D eigenvalue weighted by Crippen LogP contribution is -2.33. The largest absolute Gasteiger partial charge is 0.458 e. The number of esters is 1. The molecule has 0 amide bonds. The number of fused-ring (bicyclic) bond motifs is 1. The fourth-order valence-corrected chi connectivity index (χ4v) is 2.90. The molecule has 0 atom stereocenters. The molecular weight excluding hydrogens is 282 g/mol. The SMILES string of the molecule is C=CCOC(=O)c1ccc2c(c1)[nH]c(=O)n2C1CCNCC1. The van der Waals surface area contributed by atoms with Crippen molar-refractivity contribution in [2.45, 2.75) is 18.9 Å². The Kier molecular flexibility index (Phi) is 4.11. The third-order valence-corrected chi connectivity index (χ3v) is 3.96. The number of hydrogen-bond acceptors (Lipinski definition) is 4. The average molecular weight is 301 g/mol. The molecule has 2 aromatic rings. The summed E-state index contributed by atoms with van der Waals surface area (Å²) in [5, 5.41) is 3.29. The highest BCUT2D eigenvalue weighted by Gasteiger charge is 2.20. The number of hydrogen-bond donors (Lipinski definition) is 2. The highest BCUT2D eigenvalue weighted by molar-refractivity contribution is 5.93. The van der Waals surface area contributed by atoms with E-state index in [4.69, 9.17) is 4.74 Å². The Hall–Kier alpha value is -2.34. The molecule has 0 saturated carbocycles. The van der Waals surface area contributed by atoms with E-state index >= 15 is 0 Å². The summed E-state index contributed by atoms with van der Waals surface area (Å²) in [4.78, 5) is 26.9. The van der Waals surface area contributed by atoms with Gasteiger partial charge in [-0.1, -0.05) is 12.7 Å². The zero-order valence-corrected chi connectivity index (χ0v) is 12.3. The normalized spacial score (nSPS) is 15.8. The molecule has 3 rings (SSSR count). The van der Waals surface area contributed by atoms with Crippen LogP contribution in [0.5, 0.6) is 0 Å². The Labute approximate surface area is 127 Å². The van der Waals surface area contributed by atoms with Gasteiger partial charge in [-0.2, -0.15) is 0 Å². The van der Waals surface area contributed by atoms with Crippen molar-refractivity contribution in [1.82, 2.24) is 14.9 Å². The lowest BCUT2D eigenvalue weighted by molar-refractivity contribution is 0.0550. The van der Waals surface area contributed by atoms with E-state index in [-0.39, 0.29) is 18.3 Å². The minimum absolute atomic E-state index is 0.126. The zero-order chi connectivity index (χ0) is 15.5. The molecule has 0 bridgehead atoms. The van der Waals surface area contributed by atoms with Crippen molar-refractivity contribution in [2.75, 3.05) is 19.7 Å². The van der Waals surface area contributed by atoms with Crippen LogP contribution in [0, 0.1) is 0 Å². The van der Waals surface area contributed by atoms with Gasteiger partial charge in [0, 0.05) is 6.04 Å². The molecule has 6 heteroatoms. The maximum atomic E-state index is 12.2. The number of aromatic amines is 1. The van der Waals surface area contributed by atoms with Crippen LogP contribution >= 0.6 is 0 Å². The number of piperidine rings is 1. The van der Waals surface area contributed by atoms with E-state index in [0.29, 0.717) is 11.1 Å². The van der Waals surface area contributed by atoms with Crippen molar-refractivity contribution in [3.63, 3.8) is 0 Å². The monoisotopic (exact) mass is 301 g/mol. The topological polar surface area (TPSA) is 76.1 Å². The van der Waals surface area contributed by atoms with Crippen molar-refractivity contribution in [1.29, 1.82) is 0 Å².